The predicted octanol–water partition coefficient (Wildman–Crippen LogP) is 1.33. The Morgan fingerprint density at radius 2 is 1.76 bits per heavy atom. The van der Waals surface area contributed by atoms with E-state index in [2.05, 4.69) is 5.32 Å². The van der Waals surface area contributed by atoms with Crippen molar-refractivity contribution >= 4 is 27.0 Å². The molecule has 10 heteroatoms. The number of amides is 1. The third-order valence-electron chi connectivity index (χ3n) is 4.30. The molecule has 29 heavy (non-hydrogen) atoms. The molecule has 0 radical (unpaired) electrons. The number of rotatable bonds is 8. The molecule has 0 saturated carbocycles. The zero-order valence-electron chi connectivity index (χ0n) is 15.7. The fourth-order valence-corrected chi connectivity index (χ4v) is 4.33. The Balaban J connectivity index is 2.02. The molecule has 1 N–H and O–H groups in total. The Kier molecular flexibility index (Phi) is 6.14. The monoisotopic (exact) mass is 421 g/mol. The maximum atomic E-state index is 13.2. The quantitative estimate of drug-likeness (QED) is 0.553. The van der Waals surface area contributed by atoms with Crippen LogP contribution in [0.15, 0.2) is 58.2 Å². The van der Waals surface area contributed by atoms with Gasteiger partial charge in [-0.25, -0.2) is 17.6 Å². The minimum atomic E-state index is -4.28. The highest BCUT2D eigenvalue weighted by Crippen LogP contribution is 2.20. The highest BCUT2D eigenvalue weighted by atomic mass is 32.2. The molecular weight excluding hydrogens is 401 g/mol. The Labute approximate surface area is 166 Å². The standard InChI is InChI=1S/C19H20FN3O5S/c1-28-12-4-11-21-18(24)13-22-16-5-2-3-6-17(16)23(19(22)25)29(26,27)15-9-7-14(20)8-10-15/h2-3,5-10H,4,11-13H2,1H3,(H,21,24). The van der Waals surface area contributed by atoms with E-state index in [-0.39, 0.29) is 17.0 Å². The van der Waals surface area contributed by atoms with Crippen LogP contribution < -0.4 is 11.0 Å². The number of nitrogens with one attached hydrogen (secondary N) is 1. The number of para-hydroxylation sites is 2. The molecule has 0 unspecified atom stereocenters. The summed E-state index contributed by atoms with van der Waals surface area (Å²) in [5.41, 5.74) is -0.438. The summed E-state index contributed by atoms with van der Waals surface area (Å²) in [6, 6.07) is 10.5. The molecule has 0 spiro atoms. The average Bonchev–Trinajstić information content (AvgIpc) is 2.98. The van der Waals surface area contributed by atoms with Crippen molar-refractivity contribution in [3.63, 3.8) is 0 Å². The van der Waals surface area contributed by atoms with Gasteiger partial charge in [-0.3, -0.25) is 9.36 Å². The third-order valence-corrected chi connectivity index (χ3v) is 6.00. The van der Waals surface area contributed by atoms with Crippen molar-refractivity contribution in [2.75, 3.05) is 20.3 Å². The predicted molar refractivity (Wildman–Crippen MR) is 105 cm³/mol. The number of halogens is 1. The molecule has 8 nitrogen and oxygen atoms in total. The van der Waals surface area contributed by atoms with Gasteiger partial charge in [0.2, 0.25) is 5.91 Å². The highest BCUT2D eigenvalue weighted by Gasteiger charge is 2.25. The van der Waals surface area contributed by atoms with Gasteiger partial charge in [-0.05, 0) is 42.8 Å². The number of methoxy groups -OCH3 is 1. The van der Waals surface area contributed by atoms with Gasteiger partial charge in [0.15, 0.2) is 0 Å². The van der Waals surface area contributed by atoms with Crippen LogP contribution in [0.1, 0.15) is 6.42 Å². The van der Waals surface area contributed by atoms with E-state index >= 15 is 0 Å². The van der Waals surface area contributed by atoms with Gasteiger partial charge < -0.3 is 10.1 Å². The number of fused-ring (bicyclic) bond motifs is 1. The lowest BCUT2D eigenvalue weighted by Gasteiger charge is -2.06. The number of carbonyl (C=O) groups excluding carboxylic acids is 1. The van der Waals surface area contributed by atoms with Crippen LogP contribution in [0.3, 0.4) is 0 Å². The number of ether oxygens (including phenoxy) is 1. The molecule has 1 heterocycles. The molecule has 2 aromatic carbocycles. The van der Waals surface area contributed by atoms with E-state index in [1.165, 1.54) is 6.07 Å². The van der Waals surface area contributed by atoms with E-state index in [1.807, 2.05) is 0 Å². The van der Waals surface area contributed by atoms with Gasteiger partial charge in [-0.2, -0.15) is 3.97 Å². The van der Waals surface area contributed by atoms with Crippen LogP contribution in [0, 0.1) is 5.82 Å². The minimum absolute atomic E-state index is 0.133. The largest absolute Gasteiger partial charge is 0.385 e. The van der Waals surface area contributed by atoms with Crippen LogP contribution in [0.4, 0.5) is 4.39 Å². The normalized spacial score (nSPS) is 11.7. The molecule has 1 aromatic heterocycles. The van der Waals surface area contributed by atoms with Crippen molar-refractivity contribution in [2.24, 2.45) is 0 Å². The molecular formula is C19H20FN3O5S. The summed E-state index contributed by atoms with van der Waals surface area (Å²) >= 11 is 0. The van der Waals surface area contributed by atoms with E-state index < -0.39 is 27.4 Å². The van der Waals surface area contributed by atoms with Crippen LogP contribution in [0.5, 0.6) is 0 Å². The van der Waals surface area contributed by atoms with Crippen molar-refractivity contribution in [2.45, 2.75) is 17.9 Å². The summed E-state index contributed by atoms with van der Waals surface area (Å²) in [6.45, 7) is 0.516. The van der Waals surface area contributed by atoms with Gasteiger partial charge in [0.1, 0.15) is 12.4 Å². The van der Waals surface area contributed by atoms with Gasteiger partial charge in [-0.15, -0.1) is 0 Å². The van der Waals surface area contributed by atoms with Gasteiger partial charge in [0, 0.05) is 20.3 Å². The smallest absolute Gasteiger partial charge is 0.343 e. The second-order valence-electron chi connectivity index (χ2n) is 6.28. The number of hydrogen-bond donors (Lipinski definition) is 1. The molecule has 1 amide bonds. The van der Waals surface area contributed by atoms with Crippen LogP contribution in [0.2, 0.25) is 0 Å². The van der Waals surface area contributed by atoms with E-state index in [0.29, 0.717) is 29.1 Å². The van der Waals surface area contributed by atoms with Crippen molar-refractivity contribution < 1.29 is 22.3 Å². The fraction of sp³-hybridized carbons (Fsp3) is 0.263. The summed E-state index contributed by atoms with van der Waals surface area (Å²) in [5, 5.41) is 2.66. The van der Waals surface area contributed by atoms with Crippen molar-refractivity contribution in [1.82, 2.24) is 13.9 Å². The SMILES string of the molecule is COCCCNC(=O)Cn1c(=O)n(S(=O)(=O)c2ccc(F)cc2)c2ccccc21. The van der Waals surface area contributed by atoms with Gasteiger partial charge in [-0.1, -0.05) is 12.1 Å². The summed E-state index contributed by atoms with van der Waals surface area (Å²) < 4.78 is 45.9. The van der Waals surface area contributed by atoms with E-state index in [1.54, 1.807) is 25.3 Å². The lowest BCUT2D eigenvalue weighted by atomic mass is 10.3. The number of benzene rings is 2. The molecule has 0 aliphatic carbocycles. The first-order valence-electron chi connectivity index (χ1n) is 8.83. The molecule has 3 aromatic rings. The fourth-order valence-electron chi connectivity index (χ4n) is 2.92. The first kappa shape index (κ1) is 20.7. The maximum Gasteiger partial charge on any atom is 0.343 e. The number of nitrogens with zero attached hydrogens (tertiary/aromatic N) is 2. The Bertz CT molecular complexity index is 1180. The summed E-state index contributed by atoms with van der Waals surface area (Å²) in [6.07, 6.45) is 0.609. The maximum absolute atomic E-state index is 13.2. The molecule has 3 rings (SSSR count). The molecule has 154 valence electrons. The van der Waals surface area contributed by atoms with E-state index in [4.69, 9.17) is 4.74 Å². The van der Waals surface area contributed by atoms with E-state index in [9.17, 15) is 22.4 Å². The van der Waals surface area contributed by atoms with Crippen LogP contribution in [0.25, 0.3) is 11.0 Å². The number of imidazole rings is 1. The molecule has 0 aliphatic rings. The van der Waals surface area contributed by atoms with Crippen molar-refractivity contribution in [1.29, 1.82) is 0 Å². The lowest BCUT2D eigenvalue weighted by Crippen LogP contribution is -2.35. The molecule has 0 fully saturated rings. The molecule has 0 bridgehead atoms. The van der Waals surface area contributed by atoms with Gasteiger partial charge in [0.05, 0.1) is 15.9 Å². The average molecular weight is 421 g/mol. The zero-order chi connectivity index (χ0) is 21.0. The highest BCUT2D eigenvalue weighted by molar-refractivity contribution is 7.90. The molecule has 0 aliphatic heterocycles. The Hall–Kier alpha value is -2.98. The second kappa shape index (κ2) is 8.58. The third kappa shape index (κ3) is 4.22. The van der Waals surface area contributed by atoms with Gasteiger partial charge in [0.25, 0.3) is 10.0 Å². The number of carbonyl (C=O) groups is 1. The van der Waals surface area contributed by atoms with Crippen molar-refractivity contribution in [3.05, 3.63) is 64.8 Å². The van der Waals surface area contributed by atoms with Crippen LogP contribution in [-0.2, 0) is 26.1 Å². The second-order valence-corrected chi connectivity index (χ2v) is 8.06. The topological polar surface area (TPSA) is 99.4 Å². The first-order valence-corrected chi connectivity index (χ1v) is 10.3. The van der Waals surface area contributed by atoms with Crippen LogP contribution >= 0.6 is 0 Å². The Morgan fingerprint density at radius 3 is 2.41 bits per heavy atom. The summed E-state index contributed by atoms with van der Waals surface area (Å²) in [4.78, 5) is 25.0. The molecule has 0 saturated heterocycles. The summed E-state index contributed by atoms with van der Waals surface area (Å²) in [5.74, 6) is -1.02. The molecule has 0 atom stereocenters. The number of hydrogen-bond acceptors (Lipinski definition) is 5. The lowest BCUT2D eigenvalue weighted by molar-refractivity contribution is -0.121. The first-order chi connectivity index (χ1) is 13.9. The minimum Gasteiger partial charge on any atom is -0.385 e. The van der Waals surface area contributed by atoms with Crippen LogP contribution in [-0.4, -0.2) is 43.1 Å². The number of aromatic nitrogens is 2. The zero-order valence-corrected chi connectivity index (χ0v) is 16.5. The Morgan fingerprint density at radius 1 is 1.10 bits per heavy atom. The van der Waals surface area contributed by atoms with Crippen molar-refractivity contribution in [3.8, 4) is 0 Å². The van der Waals surface area contributed by atoms with Gasteiger partial charge >= 0.3 is 5.69 Å². The van der Waals surface area contributed by atoms with E-state index in [0.717, 1.165) is 28.8 Å². The summed E-state index contributed by atoms with van der Waals surface area (Å²) in [7, 11) is -2.73.